The van der Waals surface area contributed by atoms with Gasteiger partial charge in [0.05, 0.1) is 30.5 Å². The van der Waals surface area contributed by atoms with E-state index in [1.54, 1.807) is 49.4 Å². The standard InChI is InChI=1S/C25H27N3O6S/c1-4-34-24-14-19(10-13-23(24)29)16-26-27-25(30)17-28(20-6-5-7-21(15-20)33-3)35(31,32)22-11-8-18(2)9-12-22/h5-16,29H,4,17H2,1-3H3,(H,27,30)/b26-16-. The first-order valence-corrected chi connectivity index (χ1v) is 12.2. The van der Waals surface area contributed by atoms with Gasteiger partial charge in [-0.25, -0.2) is 13.8 Å². The van der Waals surface area contributed by atoms with Crippen LogP contribution in [0.5, 0.6) is 17.2 Å². The number of hydrogen-bond acceptors (Lipinski definition) is 7. The van der Waals surface area contributed by atoms with Crippen molar-refractivity contribution in [2.24, 2.45) is 5.10 Å². The quantitative estimate of drug-likeness (QED) is 0.327. The molecule has 0 aliphatic rings. The number of hydrazone groups is 1. The minimum Gasteiger partial charge on any atom is -0.504 e. The van der Waals surface area contributed by atoms with Crippen molar-refractivity contribution in [3.05, 3.63) is 77.9 Å². The molecule has 0 spiro atoms. The van der Waals surface area contributed by atoms with E-state index in [4.69, 9.17) is 9.47 Å². The highest BCUT2D eigenvalue weighted by Gasteiger charge is 2.27. The molecule has 3 rings (SSSR count). The first-order chi connectivity index (χ1) is 16.7. The van der Waals surface area contributed by atoms with Crippen LogP contribution in [0.15, 0.2) is 76.7 Å². The fraction of sp³-hybridized carbons (Fsp3) is 0.200. The Morgan fingerprint density at radius 1 is 1.11 bits per heavy atom. The highest BCUT2D eigenvalue weighted by atomic mass is 32.2. The molecule has 10 heteroatoms. The second kappa shape index (κ2) is 11.4. The number of hydrogen-bond donors (Lipinski definition) is 2. The number of aryl methyl sites for hydroxylation is 1. The monoisotopic (exact) mass is 497 g/mol. The Kier molecular flexibility index (Phi) is 8.32. The number of carbonyl (C=O) groups is 1. The van der Waals surface area contributed by atoms with Crippen LogP contribution in [0.3, 0.4) is 0 Å². The van der Waals surface area contributed by atoms with Crippen LogP contribution in [-0.4, -0.2) is 45.9 Å². The number of benzene rings is 3. The average Bonchev–Trinajstić information content (AvgIpc) is 2.85. The van der Waals surface area contributed by atoms with Crippen LogP contribution in [-0.2, 0) is 14.8 Å². The minimum absolute atomic E-state index is 0.0109. The summed E-state index contributed by atoms with van der Waals surface area (Å²) in [6.07, 6.45) is 1.37. The third-order valence-corrected chi connectivity index (χ3v) is 6.71. The lowest BCUT2D eigenvalue weighted by Crippen LogP contribution is -2.39. The lowest BCUT2D eigenvalue weighted by Gasteiger charge is -2.24. The van der Waals surface area contributed by atoms with Crippen LogP contribution >= 0.6 is 0 Å². The molecular weight excluding hydrogens is 470 g/mol. The number of phenolic OH excluding ortho intramolecular Hbond substituents is 1. The first kappa shape index (κ1) is 25.6. The molecule has 3 aromatic carbocycles. The molecule has 2 N–H and O–H groups in total. The van der Waals surface area contributed by atoms with E-state index in [9.17, 15) is 18.3 Å². The third kappa shape index (κ3) is 6.51. The molecular formula is C25H27N3O6S. The van der Waals surface area contributed by atoms with Gasteiger partial charge in [0.25, 0.3) is 15.9 Å². The number of aromatic hydroxyl groups is 1. The molecule has 0 saturated heterocycles. The van der Waals surface area contributed by atoms with Gasteiger partial charge in [0.1, 0.15) is 12.3 Å². The van der Waals surface area contributed by atoms with E-state index in [1.165, 1.54) is 37.6 Å². The maximum Gasteiger partial charge on any atom is 0.264 e. The number of sulfonamides is 1. The van der Waals surface area contributed by atoms with Crippen LogP contribution in [0.2, 0.25) is 0 Å². The molecule has 0 aromatic heterocycles. The van der Waals surface area contributed by atoms with Gasteiger partial charge >= 0.3 is 0 Å². The first-order valence-electron chi connectivity index (χ1n) is 10.8. The normalized spacial score (nSPS) is 11.3. The van der Waals surface area contributed by atoms with E-state index >= 15 is 0 Å². The van der Waals surface area contributed by atoms with E-state index in [1.807, 2.05) is 6.92 Å². The molecule has 9 nitrogen and oxygen atoms in total. The lowest BCUT2D eigenvalue weighted by molar-refractivity contribution is -0.119. The molecule has 0 bridgehead atoms. The van der Waals surface area contributed by atoms with E-state index in [0.29, 0.717) is 17.9 Å². The molecule has 0 saturated carbocycles. The summed E-state index contributed by atoms with van der Waals surface area (Å²) in [4.78, 5) is 12.8. The number of rotatable bonds is 10. The molecule has 0 aliphatic heterocycles. The second-order valence-electron chi connectivity index (χ2n) is 7.48. The van der Waals surface area contributed by atoms with Gasteiger partial charge in [-0.05, 0) is 61.9 Å². The predicted molar refractivity (Wildman–Crippen MR) is 134 cm³/mol. The maximum absolute atomic E-state index is 13.4. The van der Waals surface area contributed by atoms with E-state index in [0.717, 1.165) is 9.87 Å². The summed E-state index contributed by atoms with van der Waals surface area (Å²) >= 11 is 0. The molecule has 1 amide bonds. The number of nitrogens with one attached hydrogen (secondary N) is 1. The number of amides is 1. The molecule has 0 aliphatic carbocycles. The minimum atomic E-state index is -4.06. The fourth-order valence-electron chi connectivity index (χ4n) is 3.14. The van der Waals surface area contributed by atoms with Crippen molar-refractivity contribution in [2.45, 2.75) is 18.7 Å². The fourth-order valence-corrected chi connectivity index (χ4v) is 4.56. The summed E-state index contributed by atoms with van der Waals surface area (Å²) < 4.78 is 38.4. The number of anilines is 1. The molecule has 184 valence electrons. The van der Waals surface area contributed by atoms with Crippen LogP contribution in [0.4, 0.5) is 5.69 Å². The van der Waals surface area contributed by atoms with Gasteiger partial charge < -0.3 is 14.6 Å². The lowest BCUT2D eigenvalue weighted by atomic mass is 10.2. The second-order valence-corrected chi connectivity index (χ2v) is 9.34. The van der Waals surface area contributed by atoms with Gasteiger partial charge in [-0.2, -0.15) is 5.10 Å². The summed E-state index contributed by atoms with van der Waals surface area (Å²) in [5.74, 6) is 0.0745. The summed E-state index contributed by atoms with van der Waals surface area (Å²) in [6.45, 7) is 3.51. The van der Waals surface area contributed by atoms with Gasteiger partial charge in [0, 0.05) is 6.07 Å². The molecule has 0 fully saturated rings. The molecule has 3 aromatic rings. The Labute approximate surface area is 204 Å². The smallest absolute Gasteiger partial charge is 0.264 e. The largest absolute Gasteiger partial charge is 0.504 e. The van der Waals surface area contributed by atoms with Crippen molar-refractivity contribution in [1.29, 1.82) is 0 Å². The third-order valence-electron chi connectivity index (χ3n) is 4.92. The SMILES string of the molecule is CCOc1cc(/C=N\NC(=O)CN(c2cccc(OC)c2)S(=O)(=O)c2ccc(C)cc2)ccc1O. The highest BCUT2D eigenvalue weighted by Crippen LogP contribution is 2.27. The van der Waals surface area contributed by atoms with Crippen molar-refractivity contribution in [3.8, 4) is 17.2 Å². The zero-order valence-electron chi connectivity index (χ0n) is 19.6. The molecule has 0 radical (unpaired) electrons. The zero-order chi connectivity index (χ0) is 25.4. The van der Waals surface area contributed by atoms with Crippen molar-refractivity contribution in [1.82, 2.24) is 5.43 Å². The topological polar surface area (TPSA) is 118 Å². The predicted octanol–water partition coefficient (Wildman–Crippen LogP) is 3.45. The van der Waals surface area contributed by atoms with Crippen LogP contribution in [0, 0.1) is 6.92 Å². The molecule has 0 atom stereocenters. The molecule has 0 heterocycles. The van der Waals surface area contributed by atoms with Gasteiger partial charge in [-0.15, -0.1) is 0 Å². The Balaban J connectivity index is 1.83. The van der Waals surface area contributed by atoms with Gasteiger partial charge in [-0.3, -0.25) is 9.10 Å². The summed E-state index contributed by atoms with van der Waals surface area (Å²) in [5.41, 5.74) is 4.10. The Hall–Kier alpha value is -4.05. The number of ether oxygens (including phenoxy) is 2. The van der Waals surface area contributed by atoms with Crippen LogP contribution in [0.1, 0.15) is 18.1 Å². The van der Waals surface area contributed by atoms with Crippen molar-refractivity contribution in [3.63, 3.8) is 0 Å². The Bertz CT molecular complexity index is 1310. The van der Waals surface area contributed by atoms with E-state index < -0.39 is 22.5 Å². The number of nitrogens with zero attached hydrogens (tertiary/aromatic N) is 2. The zero-order valence-corrected chi connectivity index (χ0v) is 20.5. The van der Waals surface area contributed by atoms with Gasteiger partial charge in [0.2, 0.25) is 0 Å². The summed E-state index contributed by atoms with van der Waals surface area (Å²) in [5, 5.41) is 13.7. The maximum atomic E-state index is 13.4. The van der Waals surface area contributed by atoms with Crippen molar-refractivity contribution in [2.75, 3.05) is 24.6 Å². The Morgan fingerprint density at radius 2 is 1.86 bits per heavy atom. The number of methoxy groups -OCH3 is 1. The van der Waals surface area contributed by atoms with Gasteiger partial charge in [-0.1, -0.05) is 23.8 Å². The average molecular weight is 498 g/mol. The summed E-state index contributed by atoms with van der Waals surface area (Å²) in [7, 11) is -2.59. The Morgan fingerprint density at radius 3 is 2.54 bits per heavy atom. The van der Waals surface area contributed by atoms with Crippen molar-refractivity contribution >= 4 is 27.8 Å². The molecule has 0 unspecified atom stereocenters. The van der Waals surface area contributed by atoms with Gasteiger partial charge in [0.15, 0.2) is 11.5 Å². The molecule has 35 heavy (non-hydrogen) atoms. The van der Waals surface area contributed by atoms with Crippen LogP contribution < -0.4 is 19.2 Å². The van der Waals surface area contributed by atoms with E-state index in [2.05, 4.69) is 10.5 Å². The summed E-state index contributed by atoms with van der Waals surface area (Å²) in [6, 6.07) is 17.4. The van der Waals surface area contributed by atoms with Crippen LogP contribution in [0.25, 0.3) is 0 Å². The number of phenols is 1. The van der Waals surface area contributed by atoms with Crippen molar-refractivity contribution < 1.29 is 27.8 Å². The number of carbonyl (C=O) groups excluding carboxylic acids is 1. The highest BCUT2D eigenvalue weighted by molar-refractivity contribution is 7.92. The van der Waals surface area contributed by atoms with E-state index in [-0.39, 0.29) is 22.1 Å².